The highest BCUT2D eigenvalue weighted by atomic mass is 15.3. The molecule has 3 heterocycles. The van der Waals surface area contributed by atoms with Gasteiger partial charge in [-0.2, -0.15) is 0 Å². The summed E-state index contributed by atoms with van der Waals surface area (Å²) in [5, 5.41) is 0. The van der Waals surface area contributed by atoms with Gasteiger partial charge in [-0.25, -0.2) is 15.0 Å². The summed E-state index contributed by atoms with van der Waals surface area (Å²) in [7, 11) is 6.14. The van der Waals surface area contributed by atoms with Gasteiger partial charge in [-0.05, 0) is 25.0 Å². The van der Waals surface area contributed by atoms with Gasteiger partial charge in [-0.3, -0.25) is 0 Å². The molecule has 0 spiro atoms. The molecule has 122 valence electrons. The van der Waals surface area contributed by atoms with E-state index in [1.807, 2.05) is 37.3 Å². The molecule has 6 nitrogen and oxygen atoms in total. The third kappa shape index (κ3) is 3.52. The molecule has 1 aliphatic rings. The molecule has 6 heteroatoms. The summed E-state index contributed by atoms with van der Waals surface area (Å²) in [6.45, 7) is 2.01. The van der Waals surface area contributed by atoms with Crippen molar-refractivity contribution < 1.29 is 0 Å². The Hall–Kier alpha value is -2.37. The first-order valence-corrected chi connectivity index (χ1v) is 8.03. The second kappa shape index (κ2) is 6.81. The Labute approximate surface area is 137 Å². The average Bonchev–Trinajstić information content (AvgIpc) is 2.62. The molecule has 2 aromatic rings. The van der Waals surface area contributed by atoms with Gasteiger partial charge < -0.3 is 14.7 Å². The molecule has 23 heavy (non-hydrogen) atoms. The van der Waals surface area contributed by atoms with Gasteiger partial charge in [0.25, 0.3) is 0 Å². The van der Waals surface area contributed by atoms with Crippen molar-refractivity contribution in [2.75, 3.05) is 48.9 Å². The van der Waals surface area contributed by atoms with Gasteiger partial charge in [0.2, 0.25) is 0 Å². The Morgan fingerprint density at radius 2 is 1.78 bits per heavy atom. The topological polar surface area (TPSA) is 48.4 Å². The number of pyridine rings is 1. The van der Waals surface area contributed by atoms with Crippen molar-refractivity contribution in [2.24, 2.45) is 0 Å². The standard InChI is InChI=1S/C17H24N6/c1-21(2)16-12-17(20-13-19-16)23-10-7-14(8-11-23)22(3)15-6-4-5-9-18-15/h4-6,9,12-14H,7-8,10-11H2,1-3H3. The minimum Gasteiger partial charge on any atom is -0.363 e. The molecule has 1 saturated heterocycles. The second-order valence-corrected chi connectivity index (χ2v) is 6.15. The van der Waals surface area contributed by atoms with Crippen molar-refractivity contribution in [3.8, 4) is 0 Å². The SMILES string of the molecule is CN(C)c1cc(N2CCC(N(C)c3ccccn3)CC2)ncn1. The summed E-state index contributed by atoms with van der Waals surface area (Å²) in [4.78, 5) is 19.8. The molecule has 0 atom stereocenters. The summed E-state index contributed by atoms with van der Waals surface area (Å²) in [6.07, 6.45) is 5.71. The number of anilines is 3. The zero-order chi connectivity index (χ0) is 16.2. The first-order valence-electron chi connectivity index (χ1n) is 8.03. The van der Waals surface area contributed by atoms with Gasteiger partial charge in [0.1, 0.15) is 23.8 Å². The summed E-state index contributed by atoms with van der Waals surface area (Å²) >= 11 is 0. The molecule has 2 aromatic heterocycles. The van der Waals surface area contributed by atoms with Gasteiger partial charge in [-0.1, -0.05) is 6.07 Å². The molecule has 0 saturated carbocycles. The van der Waals surface area contributed by atoms with Crippen LogP contribution >= 0.6 is 0 Å². The normalized spacial score (nSPS) is 15.5. The summed E-state index contributed by atoms with van der Waals surface area (Å²) < 4.78 is 0. The first-order chi connectivity index (χ1) is 11.1. The number of nitrogens with zero attached hydrogens (tertiary/aromatic N) is 6. The van der Waals surface area contributed by atoms with Crippen molar-refractivity contribution >= 4 is 17.5 Å². The van der Waals surface area contributed by atoms with E-state index >= 15 is 0 Å². The Kier molecular flexibility index (Phi) is 4.60. The average molecular weight is 312 g/mol. The second-order valence-electron chi connectivity index (χ2n) is 6.15. The zero-order valence-electron chi connectivity index (χ0n) is 14.1. The number of hydrogen-bond donors (Lipinski definition) is 0. The summed E-state index contributed by atoms with van der Waals surface area (Å²) in [5.41, 5.74) is 0. The van der Waals surface area contributed by atoms with E-state index < -0.39 is 0 Å². The van der Waals surface area contributed by atoms with Crippen molar-refractivity contribution in [1.29, 1.82) is 0 Å². The van der Waals surface area contributed by atoms with Crippen LogP contribution in [0.4, 0.5) is 17.5 Å². The fraction of sp³-hybridized carbons (Fsp3) is 0.471. The van der Waals surface area contributed by atoms with Gasteiger partial charge in [0, 0.05) is 52.5 Å². The minimum atomic E-state index is 0.524. The molecular weight excluding hydrogens is 288 g/mol. The molecule has 3 rings (SSSR count). The van der Waals surface area contributed by atoms with Crippen molar-refractivity contribution in [2.45, 2.75) is 18.9 Å². The highest BCUT2D eigenvalue weighted by molar-refractivity contribution is 5.50. The smallest absolute Gasteiger partial charge is 0.134 e. The maximum Gasteiger partial charge on any atom is 0.134 e. The van der Waals surface area contributed by atoms with Gasteiger partial charge in [0.15, 0.2) is 0 Å². The van der Waals surface area contributed by atoms with Crippen LogP contribution in [0.5, 0.6) is 0 Å². The lowest BCUT2D eigenvalue weighted by Gasteiger charge is -2.37. The summed E-state index contributed by atoms with van der Waals surface area (Å²) in [5.74, 6) is 3.01. The maximum absolute atomic E-state index is 4.45. The fourth-order valence-electron chi connectivity index (χ4n) is 2.99. The minimum absolute atomic E-state index is 0.524. The van der Waals surface area contributed by atoms with Crippen LogP contribution in [0, 0.1) is 0 Å². The summed E-state index contributed by atoms with van der Waals surface area (Å²) in [6, 6.07) is 8.65. The monoisotopic (exact) mass is 312 g/mol. The lowest BCUT2D eigenvalue weighted by Crippen LogP contribution is -2.44. The predicted molar refractivity (Wildman–Crippen MR) is 94.2 cm³/mol. The van der Waals surface area contributed by atoms with Gasteiger partial charge >= 0.3 is 0 Å². The number of piperidine rings is 1. The largest absolute Gasteiger partial charge is 0.363 e. The van der Waals surface area contributed by atoms with E-state index in [-0.39, 0.29) is 0 Å². The number of hydrogen-bond acceptors (Lipinski definition) is 6. The third-order valence-corrected chi connectivity index (χ3v) is 4.44. The van der Waals surface area contributed by atoms with Crippen LogP contribution in [0.25, 0.3) is 0 Å². The molecule has 0 aromatic carbocycles. The number of aromatic nitrogens is 3. The predicted octanol–water partition coefficient (Wildman–Crippen LogP) is 2.04. The molecule has 0 unspecified atom stereocenters. The van der Waals surface area contributed by atoms with E-state index in [9.17, 15) is 0 Å². The van der Waals surface area contributed by atoms with E-state index in [4.69, 9.17) is 0 Å². The molecule has 0 amide bonds. The highest BCUT2D eigenvalue weighted by Crippen LogP contribution is 2.24. The first kappa shape index (κ1) is 15.5. The van der Waals surface area contributed by atoms with E-state index in [1.54, 1.807) is 6.33 Å². The molecular formula is C17H24N6. The highest BCUT2D eigenvalue weighted by Gasteiger charge is 2.24. The molecule has 1 aliphatic heterocycles. The van der Waals surface area contributed by atoms with E-state index in [0.29, 0.717) is 6.04 Å². The Bertz CT molecular complexity index is 622. The van der Waals surface area contributed by atoms with Crippen LogP contribution in [0.3, 0.4) is 0 Å². The Morgan fingerprint density at radius 1 is 1.00 bits per heavy atom. The molecule has 0 bridgehead atoms. The van der Waals surface area contributed by atoms with Crippen LogP contribution in [0.2, 0.25) is 0 Å². The lowest BCUT2D eigenvalue weighted by atomic mass is 10.0. The van der Waals surface area contributed by atoms with Crippen LogP contribution in [0.1, 0.15) is 12.8 Å². The van der Waals surface area contributed by atoms with E-state index in [1.165, 1.54) is 0 Å². The van der Waals surface area contributed by atoms with Crippen LogP contribution in [0.15, 0.2) is 36.8 Å². The van der Waals surface area contributed by atoms with Crippen molar-refractivity contribution in [3.05, 3.63) is 36.8 Å². The molecule has 0 aliphatic carbocycles. The molecule has 1 fully saturated rings. The number of rotatable bonds is 4. The van der Waals surface area contributed by atoms with Crippen LogP contribution < -0.4 is 14.7 Å². The van der Waals surface area contributed by atoms with Crippen LogP contribution in [-0.2, 0) is 0 Å². The van der Waals surface area contributed by atoms with E-state index in [0.717, 1.165) is 43.4 Å². The van der Waals surface area contributed by atoms with Crippen molar-refractivity contribution in [1.82, 2.24) is 15.0 Å². The third-order valence-electron chi connectivity index (χ3n) is 4.44. The lowest BCUT2D eigenvalue weighted by molar-refractivity contribution is 0.478. The molecule has 0 N–H and O–H groups in total. The van der Waals surface area contributed by atoms with Gasteiger partial charge in [0.05, 0.1) is 0 Å². The molecule has 0 radical (unpaired) electrons. The van der Waals surface area contributed by atoms with E-state index in [2.05, 4.69) is 43.9 Å². The quantitative estimate of drug-likeness (QED) is 0.861. The van der Waals surface area contributed by atoms with Crippen LogP contribution in [-0.4, -0.2) is 55.2 Å². The fourth-order valence-corrected chi connectivity index (χ4v) is 2.99. The van der Waals surface area contributed by atoms with Gasteiger partial charge in [-0.15, -0.1) is 0 Å². The van der Waals surface area contributed by atoms with Crippen molar-refractivity contribution in [3.63, 3.8) is 0 Å². The zero-order valence-corrected chi connectivity index (χ0v) is 14.1. The Balaban J connectivity index is 1.63. The maximum atomic E-state index is 4.45. The Morgan fingerprint density at radius 3 is 2.43 bits per heavy atom.